The minimum atomic E-state index is -0.933. The number of carbonyl (C=O) groups excluding carboxylic acids is 1. The van der Waals surface area contributed by atoms with Crippen molar-refractivity contribution in [1.29, 1.82) is 0 Å². The minimum Gasteiger partial charge on any atom is -0.480 e. The fourth-order valence-electron chi connectivity index (χ4n) is 3.19. The third-order valence-corrected chi connectivity index (χ3v) is 4.58. The Bertz CT molecular complexity index is 797. The highest BCUT2D eigenvalue weighted by atomic mass is 19.1. The van der Waals surface area contributed by atoms with Crippen molar-refractivity contribution < 1.29 is 28.6 Å². The lowest BCUT2D eigenvalue weighted by Gasteiger charge is -2.25. The second-order valence-corrected chi connectivity index (χ2v) is 6.94. The highest BCUT2D eigenvalue weighted by molar-refractivity contribution is 5.95. The van der Waals surface area contributed by atoms with Gasteiger partial charge in [0.1, 0.15) is 12.4 Å². The van der Waals surface area contributed by atoms with Gasteiger partial charge in [-0.1, -0.05) is 37.5 Å². The Kier molecular flexibility index (Phi) is 9.73. The van der Waals surface area contributed by atoms with Crippen LogP contribution in [-0.4, -0.2) is 42.5 Å². The summed E-state index contributed by atoms with van der Waals surface area (Å²) < 4.78 is 23.3. The number of halogens is 1. The maximum Gasteiger partial charge on any atom is 0.419 e. The number of anilines is 2. The number of ether oxygens (including phenoxy) is 2. The van der Waals surface area contributed by atoms with Gasteiger partial charge in [0, 0.05) is 13.2 Å². The Morgan fingerprint density at radius 1 is 1.13 bits per heavy atom. The van der Waals surface area contributed by atoms with Crippen molar-refractivity contribution in [1.82, 2.24) is 4.98 Å². The van der Waals surface area contributed by atoms with E-state index in [4.69, 9.17) is 9.84 Å². The van der Waals surface area contributed by atoms with E-state index in [1.165, 1.54) is 43.5 Å². The number of pyridine rings is 1. The summed E-state index contributed by atoms with van der Waals surface area (Å²) in [7, 11) is 1.34. The molecular weight excluding hydrogens is 391 g/mol. The first-order valence-electron chi connectivity index (χ1n) is 9.84. The van der Waals surface area contributed by atoms with Crippen molar-refractivity contribution in [2.45, 2.75) is 32.1 Å². The fourth-order valence-corrected chi connectivity index (χ4v) is 3.19. The number of carboxylic acids is 1. The first kappa shape index (κ1) is 23.3. The summed E-state index contributed by atoms with van der Waals surface area (Å²) in [5.41, 5.74) is 0.980. The normalized spacial score (nSPS) is 13.7. The van der Waals surface area contributed by atoms with Crippen LogP contribution in [0, 0.1) is 11.7 Å². The van der Waals surface area contributed by atoms with Gasteiger partial charge in [0.25, 0.3) is 0 Å². The number of carbonyl (C=O) groups is 2. The lowest BCUT2D eigenvalue weighted by molar-refractivity contribution is -0.141. The number of rotatable bonds is 6. The molecule has 30 heavy (non-hydrogen) atoms. The molecule has 0 aliphatic heterocycles. The van der Waals surface area contributed by atoms with Gasteiger partial charge in [-0.15, -0.1) is 0 Å². The summed E-state index contributed by atoms with van der Waals surface area (Å²) in [5.74, 6) is -1.00. The van der Waals surface area contributed by atoms with Crippen LogP contribution in [0.4, 0.5) is 20.6 Å². The van der Waals surface area contributed by atoms with Crippen LogP contribution >= 0.6 is 0 Å². The van der Waals surface area contributed by atoms with Crippen LogP contribution in [0.3, 0.4) is 0 Å². The zero-order valence-corrected chi connectivity index (χ0v) is 17.0. The SMILES string of the molecule is COCC(=O)O.O=C(OCC1CCCCC1)N(c1ccccc1)c1cncc(F)c1. The largest absolute Gasteiger partial charge is 0.480 e. The molecule has 162 valence electrons. The Morgan fingerprint density at radius 3 is 2.40 bits per heavy atom. The lowest BCUT2D eigenvalue weighted by Crippen LogP contribution is -2.29. The lowest BCUT2D eigenvalue weighted by atomic mass is 9.90. The van der Waals surface area contributed by atoms with Crippen molar-refractivity contribution in [2.24, 2.45) is 5.92 Å². The van der Waals surface area contributed by atoms with Gasteiger partial charge >= 0.3 is 12.1 Å². The van der Waals surface area contributed by atoms with E-state index in [0.717, 1.165) is 19.0 Å². The molecule has 1 saturated carbocycles. The number of carboxylic acid groups (broad SMARTS) is 1. The van der Waals surface area contributed by atoms with E-state index in [0.29, 0.717) is 23.9 Å². The van der Waals surface area contributed by atoms with Gasteiger partial charge in [-0.3, -0.25) is 4.98 Å². The molecule has 1 fully saturated rings. The molecule has 1 N–H and O–H groups in total. The molecule has 1 aliphatic rings. The molecule has 0 saturated heterocycles. The van der Waals surface area contributed by atoms with E-state index >= 15 is 0 Å². The number of aromatic nitrogens is 1. The van der Waals surface area contributed by atoms with E-state index < -0.39 is 17.9 Å². The zero-order valence-electron chi connectivity index (χ0n) is 17.0. The summed E-state index contributed by atoms with van der Waals surface area (Å²) in [6.07, 6.45) is 7.91. The van der Waals surface area contributed by atoms with Gasteiger partial charge in [-0.2, -0.15) is 0 Å². The van der Waals surface area contributed by atoms with Crippen molar-refractivity contribution in [2.75, 3.05) is 25.2 Å². The Morgan fingerprint density at radius 2 is 1.83 bits per heavy atom. The highest BCUT2D eigenvalue weighted by Crippen LogP contribution is 2.28. The number of amides is 1. The Labute approximate surface area is 175 Å². The molecule has 0 unspecified atom stereocenters. The minimum absolute atomic E-state index is 0.208. The number of para-hydroxylation sites is 1. The summed E-state index contributed by atoms with van der Waals surface area (Å²) in [6.45, 7) is 0.199. The number of benzene rings is 1. The molecule has 3 rings (SSSR count). The van der Waals surface area contributed by atoms with Crippen LogP contribution in [0.25, 0.3) is 0 Å². The molecule has 0 spiro atoms. The maximum absolute atomic E-state index is 13.5. The van der Waals surface area contributed by atoms with Gasteiger partial charge in [0.15, 0.2) is 0 Å². The Balaban J connectivity index is 0.000000469. The predicted octanol–water partition coefficient (Wildman–Crippen LogP) is 4.79. The first-order valence-corrected chi connectivity index (χ1v) is 9.84. The molecule has 0 radical (unpaired) electrons. The van der Waals surface area contributed by atoms with Crippen molar-refractivity contribution in [3.8, 4) is 0 Å². The average molecular weight is 418 g/mol. The van der Waals surface area contributed by atoms with Gasteiger partial charge in [0.2, 0.25) is 0 Å². The summed E-state index contributed by atoms with van der Waals surface area (Å²) in [5, 5.41) is 7.79. The van der Waals surface area contributed by atoms with Crippen molar-refractivity contribution in [3.63, 3.8) is 0 Å². The van der Waals surface area contributed by atoms with Crippen molar-refractivity contribution >= 4 is 23.4 Å². The molecule has 1 amide bonds. The standard InChI is InChI=1S/C19H21FN2O2.C3H6O3/c20-16-11-18(13-21-12-16)22(17-9-5-2-6-10-17)19(23)24-14-15-7-3-1-4-8-15;1-6-2-3(4)5/h2,5-6,9-13,15H,1,3-4,7-8,14H2;2H2,1H3,(H,4,5). The molecule has 2 aromatic rings. The molecule has 1 heterocycles. The zero-order chi connectivity index (χ0) is 21.8. The van der Waals surface area contributed by atoms with E-state index in [-0.39, 0.29) is 6.61 Å². The molecule has 8 heteroatoms. The molecule has 7 nitrogen and oxygen atoms in total. The number of methoxy groups -OCH3 is 1. The maximum atomic E-state index is 13.5. The first-order chi connectivity index (χ1) is 14.5. The van der Waals surface area contributed by atoms with Crippen LogP contribution in [0.2, 0.25) is 0 Å². The molecule has 1 aliphatic carbocycles. The van der Waals surface area contributed by atoms with E-state index in [9.17, 15) is 14.0 Å². The van der Waals surface area contributed by atoms with E-state index in [1.807, 2.05) is 18.2 Å². The van der Waals surface area contributed by atoms with Gasteiger partial charge in [-0.25, -0.2) is 18.9 Å². The topological polar surface area (TPSA) is 89.0 Å². The Hall–Kier alpha value is -3.00. The second-order valence-electron chi connectivity index (χ2n) is 6.94. The highest BCUT2D eigenvalue weighted by Gasteiger charge is 2.22. The quantitative estimate of drug-likeness (QED) is 0.725. The molecule has 0 atom stereocenters. The number of hydrogen-bond donors (Lipinski definition) is 1. The summed E-state index contributed by atoms with van der Waals surface area (Å²) in [4.78, 5) is 27.3. The van der Waals surface area contributed by atoms with Crippen LogP contribution in [0.5, 0.6) is 0 Å². The second kappa shape index (κ2) is 12.5. The third-order valence-electron chi connectivity index (χ3n) is 4.58. The predicted molar refractivity (Wildman–Crippen MR) is 110 cm³/mol. The fraction of sp³-hybridized carbons (Fsp3) is 0.409. The summed E-state index contributed by atoms with van der Waals surface area (Å²) in [6, 6.07) is 10.4. The molecule has 1 aromatic carbocycles. The number of hydrogen-bond acceptors (Lipinski definition) is 5. The van der Waals surface area contributed by atoms with Gasteiger partial charge < -0.3 is 14.6 Å². The van der Waals surface area contributed by atoms with Crippen LogP contribution in [0.1, 0.15) is 32.1 Å². The monoisotopic (exact) mass is 418 g/mol. The number of aliphatic carboxylic acids is 1. The van der Waals surface area contributed by atoms with Crippen LogP contribution in [-0.2, 0) is 14.3 Å². The van der Waals surface area contributed by atoms with Gasteiger partial charge in [0.05, 0.1) is 30.4 Å². The molecule has 1 aromatic heterocycles. The van der Waals surface area contributed by atoms with Gasteiger partial charge in [-0.05, 0) is 30.9 Å². The smallest absolute Gasteiger partial charge is 0.419 e. The van der Waals surface area contributed by atoms with Crippen LogP contribution < -0.4 is 4.90 Å². The molecule has 0 bridgehead atoms. The number of nitrogens with zero attached hydrogens (tertiary/aromatic N) is 2. The molecular formula is C22H27FN2O5. The van der Waals surface area contributed by atoms with Crippen molar-refractivity contribution in [3.05, 3.63) is 54.6 Å². The summed E-state index contributed by atoms with van der Waals surface area (Å²) >= 11 is 0. The third kappa shape index (κ3) is 7.79. The van der Waals surface area contributed by atoms with Crippen LogP contribution in [0.15, 0.2) is 48.8 Å². The van der Waals surface area contributed by atoms with E-state index in [1.54, 1.807) is 12.1 Å². The van der Waals surface area contributed by atoms with E-state index in [2.05, 4.69) is 9.72 Å². The average Bonchev–Trinajstić information content (AvgIpc) is 2.74.